The molecule has 5 aromatic rings. The summed E-state index contributed by atoms with van der Waals surface area (Å²) in [5.74, 6) is -0.434. The molecule has 0 aliphatic carbocycles. The number of piperazine rings is 1. The summed E-state index contributed by atoms with van der Waals surface area (Å²) in [4.78, 5) is 33.7. The van der Waals surface area contributed by atoms with Crippen molar-refractivity contribution in [1.29, 1.82) is 0 Å². The van der Waals surface area contributed by atoms with Crippen LogP contribution >= 0.6 is 0 Å². The van der Waals surface area contributed by atoms with Gasteiger partial charge in [-0.05, 0) is 36.8 Å². The number of hydrogen-bond donors (Lipinski definition) is 2. The lowest BCUT2D eigenvalue weighted by atomic mass is 10.2. The number of aryl methyl sites for hydroxylation is 1. The van der Waals surface area contributed by atoms with Crippen molar-refractivity contribution in [3.8, 4) is 11.5 Å². The van der Waals surface area contributed by atoms with Crippen LogP contribution in [0.4, 0.5) is 21.7 Å². The summed E-state index contributed by atoms with van der Waals surface area (Å²) in [7, 11) is 0. The lowest BCUT2D eigenvalue weighted by Crippen LogP contribution is -2.47. The Balaban J connectivity index is 1.28. The fraction of sp³-hybridized carbons (Fsp3) is 0.259. The Morgan fingerprint density at radius 3 is 2.58 bits per heavy atom. The van der Waals surface area contributed by atoms with Gasteiger partial charge in [0.1, 0.15) is 22.9 Å². The van der Waals surface area contributed by atoms with Crippen LogP contribution < -0.4 is 16.4 Å². The predicted octanol–water partition coefficient (Wildman–Crippen LogP) is 2.64. The molecule has 1 amide bonds. The highest BCUT2D eigenvalue weighted by molar-refractivity contribution is 6.04. The molecular weight excluding hydrogens is 513 g/mol. The summed E-state index contributed by atoms with van der Waals surface area (Å²) >= 11 is 0. The maximum atomic E-state index is 14.5. The molecule has 1 fully saturated rings. The standard InChI is InChI=1S/C27H26FN11O/c1-16-21-25(34-27(30)39-26(21)33-24(35-39)19-5-3-4-8-32-19)38(22(16)23(29)40)14-11-36-9-12-37(13-10-36)20-7-6-17(31-2)15-18(20)28/h3-8,15H,9-14H2,1H3,(H2,29,40)(H2,30,34). The molecule has 1 aromatic carbocycles. The number of nitrogens with two attached hydrogens (primary N) is 2. The Morgan fingerprint density at radius 2 is 1.90 bits per heavy atom. The number of primary amides is 1. The largest absolute Gasteiger partial charge is 0.368 e. The van der Waals surface area contributed by atoms with Gasteiger partial charge in [-0.1, -0.05) is 12.1 Å². The fourth-order valence-electron chi connectivity index (χ4n) is 5.32. The summed E-state index contributed by atoms with van der Waals surface area (Å²) < 4.78 is 17.8. The fourth-order valence-corrected chi connectivity index (χ4v) is 5.32. The minimum absolute atomic E-state index is 0.131. The van der Waals surface area contributed by atoms with E-state index >= 15 is 0 Å². The van der Waals surface area contributed by atoms with E-state index in [1.165, 1.54) is 10.6 Å². The maximum Gasteiger partial charge on any atom is 0.265 e. The first-order valence-electron chi connectivity index (χ1n) is 12.8. The van der Waals surface area contributed by atoms with Crippen LogP contribution in [0.3, 0.4) is 0 Å². The molecular formula is C27H26FN11O. The number of benzene rings is 1. The molecule has 40 heavy (non-hydrogen) atoms. The number of fused-ring (bicyclic) bond motifs is 3. The molecule has 202 valence electrons. The molecule has 1 aliphatic rings. The third-order valence-corrected chi connectivity index (χ3v) is 7.29. The van der Waals surface area contributed by atoms with E-state index in [2.05, 4.69) is 24.8 Å². The lowest BCUT2D eigenvalue weighted by Gasteiger charge is -2.36. The second-order valence-electron chi connectivity index (χ2n) is 9.62. The molecule has 0 spiro atoms. The van der Waals surface area contributed by atoms with Crippen LogP contribution in [-0.2, 0) is 6.54 Å². The van der Waals surface area contributed by atoms with Crippen molar-refractivity contribution in [2.24, 2.45) is 5.73 Å². The predicted molar refractivity (Wildman–Crippen MR) is 148 cm³/mol. The highest BCUT2D eigenvalue weighted by Gasteiger charge is 2.26. The van der Waals surface area contributed by atoms with Crippen molar-refractivity contribution < 1.29 is 9.18 Å². The minimum atomic E-state index is -0.570. The van der Waals surface area contributed by atoms with Crippen LogP contribution in [-0.4, -0.2) is 72.7 Å². The monoisotopic (exact) mass is 539 g/mol. The molecule has 12 nitrogen and oxygen atoms in total. The SMILES string of the molecule is [C-]#[N+]c1ccc(N2CCN(CCn3c(C(N)=O)c(C)c4c3nc(N)n3nc(-c5ccccn5)nc43)CC2)c(F)c1. The zero-order chi connectivity index (χ0) is 28.0. The normalized spacial score (nSPS) is 14.2. The highest BCUT2D eigenvalue weighted by atomic mass is 19.1. The van der Waals surface area contributed by atoms with Crippen LogP contribution in [0.15, 0.2) is 42.6 Å². The third-order valence-electron chi connectivity index (χ3n) is 7.29. The molecule has 1 saturated heterocycles. The van der Waals surface area contributed by atoms with Crippen molar-refractivity contribution in [2.75, 3.05) is 43.4 Å². The number of hydrogen-bond acceptors (Lipinski definition) is 8. The van der Waals surface area contributed by atoms with E-state index < -0.39 is 11.7 Å². The van der Waals surface area contributed by atoms with Crippen molar-refractivity contribution in [1.82, 2.24) is 34.0 Å². The average Bonchev–Trinajstić information content (AvgIpc) is 3.52. The van der Waals surface area contributed by atoms with Gasteiger partial charge in [0.05, 0.1) is 17.6 Å². The summed E-state index contributed by atoms with van der Waals surface area (Å²) in [6, 6.07) is 10.0. The Kier molecular flexibility index (Phi) is 6.24. The molecule has 0 atom stereocenters. The molecule has 4 N–H and O–H groups in total. The zero-order valence-corrected chi connectivity index (χ0v) is 21.7. The van der Waals surface area contributed by atoms with E-state index in [9.17, 15) is 9.18 Å². The van der Waals surface area contributed by atoms with Gasteiger partial charge in [0.25, 0.3) is 5.91 Å². The van der Waals surface area contributed by atoms with Gasteiger partial charge >= 0.3 is 0 Å². The van der Waals surface area contributed by atoms with E-state index in [1.54, 1.807) is 29.0 Å². The molecule has 1 aliphatic heterocycles. The van der Waals surface area contributed by atoms with Crippen LogP contribution in [0.2, 0.25) is 0 Å². The van der Waals surface area contributed by atoms with Gasteiger partial charge < -0.3 is 20.9 Å². The molecule has 4 aromatic heterocycles. The number of carbonyl (C=O) groups excluding carboxylic acids is 1. The molecule has 13 heteroatoms. The first kappa shape index (κ1) is 25.2. The number of halogens is 1. The summed E-state index contributed by atoms with van der Waals surface area (Å²) in [6.45, 7) is 12.6. The maximum absolute atomic E-state index is 14.5. The summed E-state index contributed by atoms with van der Waals surface area (Å²) in [5, 5.41) is 5.15. The lowest BCUT2D eigenvalue weighted by molar-refractivity contribution is 0.0990. The Bertz CT molecular complexity index is 1800. The van der Waals surface area contributed by atoms with Crippen molar-refractivity contribution >= 4 is 39.9 Å². The minimum Gasteiger partial charge on any atom is -0.368 e. The average molecular weight is 540 g/mol. The molecule has 5 heterocycles. The first-order valence-corrected chi connectivity index (χ1v) is 12.8. The van der Waals surface area contributed by atoms with Crippen LogP contribution in [0.1, 0.15) is 16.1 Å². The first-order chi connectivity index (χ1) is 19.4. The van der Waals surface area contributed by atoms with Gasteiger partial charge in [0.2, 0.25) is 11.8 Å². The van der Waals surface area contributed by atoms with Gasteiger partial charge in [-0.3, -0.25) is 14.7 Å². The number of rotatable bonds is 6. The third kappa shape index (κ3) is 4.24. The summed E-state index contributed by atoms with van der Waals surface area (Å²) in [5.41, 5.74) is 15.5. The summed E-state index contributed by atoms with van der Waals surface area (Å²) in [6.07, 6.45) is 1.66. The van der Waals surface area contributed by atoms with Crippen LogP contribution in [0.25, 0.3) is 33.0 Å². The number of anilines is 2. The zero-order valence-electron chi connectivity index (χ0n) is 21.7. The van der Waals surface area contributed by atoms with Gasteiger partial charge in [-0.15, -0.1) is 5.10 Å². The molecule has 0 radical (unpaired) electrons. The van der Waals surface area contributed by atoms with E-state index in [0.717, 1.165) is 0 Å². The van der Waals surface area contributed by atoms with E-state index in [-0.39, 0.29) is 11.6 Å². The number of aromatic nitrogens is 6. The van der Waals surface area contributed by atoms with Crippen LogP contribution in [0, 0.1) is 19.3 Å². The number of pyridine rings is 1. The Hall–Kier alpha value is -5.09. The van der Waals surface area contributed by atoms with Crippen LogP contribution in [0.5, 0.6) is 0 Å². The van der Waals surface area contributed by atoms with E-state index in [1.807, 2.05) is 24.0 Å². The highest BCUT2D eigenvalue weighted by Crippen LogP contribution is 2.30. The number of nitrogen functional groups attached to an aromatic ring is 1. The van der Waals surface area contributed by atoms with Gasteiger partial charge in [-0.2, -0.15) is 9.50 Å². The topological polar surface area (TPSA) is 141 Å². The Labute approximate surface area is 228 Å². The second-order valence-corrected chi connectivity index (χ2v) is 9.62. The smallest absolute Gasteiger partial charge is 0.265 e. The van der Waals surface area contributed by atoms with E-state index in [0.29, 0.717) is 84.4 Å². The second kappa shape index (κ2) is 9.90. The molecule has 6 rings (SSSR count). The molecule has 0 unspecified atom stereocenters. The number of carbonyl (C=O) groups is 1. The molecule has 0 saturated carbocycles. The van der Waals surface area contributed by atoms with Gasteiger partial charge in [0, 0.05) is 45.5 Å². The van der Waals surface area contributed by atoms with E-state index in [4.69, 9.17) is 23.0 Å². The Morgan fingerprint density at radius 1 is 1.10 bits per heavy atom. The van der Waals surface area contributed by atoms with Gasteiger partial charge in [-0.25, -0.2) is 14.2 Å². The molecule has 0 bridgehead atoms. The van der Waals surface area contributed by atoms with Gasteiger partial charge in [0.15, 0.2) is 11.3 Å². The van der Waals surface area contributed by atoms with Crippen molar-refractivity contribution in [2.45, 2.75) is 13.5 Å². The quantitative estimate of drug-likeness (QED) is 0.314. The number of amides is 1. The van der Waals surface area contributed by atoms with Crippen molar-refractivity contribution in [3.63, 3.8) is 0 Å². The number of nitrogens with zero attached hydrogens (tertiary/aromatic N) is 9. The van der Waals surface area contributed by atoms with Crippen molar-refractivity contribution in [3.05, 3.63) is 71.1 Å².